The summed E-state index contributed by atoms with van der Waals surface area (Å²) in [5, 5.41) is 9.76. The third-order valence-corrected chi connectivity index (χ3v) is 2.32. The van der Waals surface area contributed by atoms with Gasteiger partial charge >= 0.3 is 5.97 Å². The molecule has 0 heterocycles. The Balaban J connectivity index is 3.92. The molecule has 0 aliphatic rings. The standard InChI is InChI=1S/C12H24NO3/c1-5-7-8-11(14)9-13(3,4)10-16-12(15)6-2/h6,11,14H,2,5,7-10H2,1,3-4H3/q+1. The van der Waals surface area contributed by atoms with Gasteiger partial charge in [0.05, 0.1) is 14.1 Å². The number of ether oxygens (including phenoxy) is 1. The van der Waals surface area contributed by atoms with Crippen molar-refractivity contribution in [1.82, 2.24) is 0 Å². The average Bonchev–Trinajstić information content (AvgIpc) is 2.22. The maximum atomic E-state index is 10.9. The van der Waals surface area contributed by atoms with Crippen molar-refractivity contribution in [2.45, 2.75) is 32.3 Å². The Morgan fingerprint density at radius 1 is 1.56 bits per heavy atom. The molecule has 0 radical (unpaired) electrons. The third-order valence-electron chi connectivity index (χ3n) is 2.32. The number of nitrogens with zero attached hydrogens (tertiary/aromatic N) is 1. The molecule has 1 unspecified atom stereocenters. The van der Waals surface area contributed by atoms with Crippen LogP contribution in [-0.4, -0.2) is 49.0 Å². The number of likely N-dealkylation sites (N-methyl/N-ethyl adjacent to an activating group) is 1. The van der Waals surface area contributed by atoms with E-state index in [1.807, 2.05) is 14.1 Å². The van der Waals surface area contributed by atoms with E-state index in [2.05, 4.69) is 13.5 Å². The van der Waals surface area contributed by atoms with Gasteiger partial charge in [0.1, 0.15) is 12.6 Å². The maximum absolute atomic E-state index is 10.9. The number of unbranched alkanes of at least 4 members (excludes halogenated alkanes) is 1. The highest BCUT2D eigenvalue weighted by atomic mass is 16.5. The second-order valence-corrected chi connectivity index (χ2v) is 4.71. The van der Waals surface area contributed by atoms with Gasteiger partial charge in [-0.25, -0.2) is 4.79 Å². The lowest BCUT2D eigenvalue weighted by atomic mass is 10.1. The Kier molecular flexibility index (Phi) is 7.01. The first-order valence-electron chi connectivity index (χ1n) is 5.70. The molecule has 0 saturated carbocycles. The minimum absolute atomic E-state index is 0.258. The van der Waals surface area contributed by atoms with E-state index in [1.165, 1.54) is 0 Å². The first kappa shape index (κ1) is 15.1. The third kappa shape index (κ3) is 7.43. The van der Waals surface area contributed by atoms with E-state index in [-0.39, 0.29) is 12.8 Å². The van der Waals surface area contributed by atoms with Crippen molar-refractivity contribution in [2.75, 3.05) is 27.4 Å². The molecule has 4 nitrogen and oxygen atoms in total. The predicted molar refractivity (Wildman–Crippen MR) is 63.7 cm³/mol. The molecule has 0 amide bonds. The quantitative estimate of drug-likeness (QED) is 0.296. The van der Waals surface area contributed by atoms with Crippen molar-refractivity contribution < 1.29 is 19.1 Å². The Bertz CT molecular complexity index is 226. The fraction of sp³-hybridized carbons (Fsp3) is 0.750. The minimum atomic E-state index is -0.422. The molecule has 0 rings (SSSR count). The van der Waals surface area contributed by atoms with Crippen LogP contribution in [0, 0.1) is 0 Å². The molecular weight excluding hydrogens is 206 g/mol. The first-order chi connectivity index (χ1) is 7.41. The van der Waals surface area contributed by atoms with Gasteiger partial charge in [-0.3, -0.25) is 4.48 Å². The van der Waals surface area contributed by atoms with Crippen LogP contribution in [0.2, 0.25) is 0 Å². The fourth-order valence-electron chi connectivity index (χ4n) is 1.45. The summed E-state index contributed by atoms with van der Waals surface area (Å²) in [5.41, 5.74) is 0. The lowest BCUT2D eigenvalue weighted by Gasteiger charge is -2.30. The van der Waals surface area contributed by atoms with Gasteiger partial charge in [0.25, 0.3) is 0 Å². The largest absolute Gasteiger partial charge is 0.412 e. The molecule has 0 aliphatic carbocycles. The van der Waals surface area contributed by atoms with E-state index < -0.39 is 5.97 Å². The van der Waals surface area contributed by atoms with Crippen LogP contribution < -0.4 is 0 Å². The maximum Gasteiger partial charge on any atom is 0.334 e. The number of hydrogen-bond donors (Lipinski definition) is 1. The topological polar surface area (TPSA) is 46.5 Å². The van der Waals surface area contributed by atoms with E-state index in [4.69, 9.17) is 4.74 Å². The molecule has 4 heteroatoms. The van der Waals surface area contributed by atoms with Gasteiger partial charge in [-0.05, 0) is 6.42 Å². The number of carbonyl (C=O) groups is 1. The van der Waals surface area contributed by atoms with Crippen molar-refractivity contribution in [3.05, 3.63) is 12.7 Å². The number of hydrogen-bond acceptors (Lipinski definition) is 3. The van der Waals surface area contributed by atoms with Crippen LogP contribution in [0.25, 0.3) is 0 Å². The molecule has 1 atom stereocenters. The zero-order valence-corrected chi connectivity index (χ0v) is 10.6. The fourth-order valence-corrected chi connectivity index (χ4v) is 1.45. The zero-order valence-electron chi connectivity index (χ0n) is 10.6. The van der Waals surface area contributed by atoms with Gasteiger partial charge in [-0.1, -0.05) is 26.3 Å². The van der Waals surface area contributed by atoms with E-state index in [0.29, 0.717) is 11.0 Å². The number of rotatable bonds is 8. The van der Waals surface area contributed by atoms with E-state index in [0.717, 1.165) is 25.3 Å². The second kappa shape index (κ2) is 7.41. The first-order valence-corrected chi connectivity index (χ1v) is 5.70. The number of quaternary nitrogens is 1. The highest BCUT2D eigenvalue weighted by molar-refractivity contribution is 5.81. The summed E-state index contributed by atoms with van der Waals surface area (Å²) >= 11 is 0. The van der Waals surface area contributed by atoms with Gasteiger partial charge < -0.3 is 9.84 Å². The van der Waals surface area contributed by atoms with Crippen molar-refractivity contribution in [2.24, 2.45) is 0 Å². The summed E-state index contributed by atoms with van der Waals surface area (Å²) in [6.45, 7) is 6.27. The molecule has 1 N–H and O–H groups in total. The van der Waals surface area contributed by atoms with Crippen molar-refractivity contribution in [3.63, 3.8) is 0 Å². The molecule has 0 saturated heterocycles. The van der Waals surface area contributed by atoms with Crippen LogP contribution >= 0.6 is 0 Å². The molecule has 0 aromatic heterocycles. The summed E-state index contributed by atoms with van der Waals surface area (Å²) in [6, 6.07) is 0. The van der Waals surface area contributed by atoms with Gasteiger partial charge in [-0.2, -0.15) is 0 Å². The lowest BCUT2D eigenvalue weighted by molar-refractivity contribution is -0.910. The molecule has 0 aliphatic heterocycles. The Hall–Kier alpha value is -0.870. The molecule has 0 spiro atoms. The second-order valence-electron chi connectivity index (χ2n) is 4.71. The van der Waals surface area contributed by atoms with Crippen LogP contribution in [0.15, 0.2) is 12.7 Å². The highest BCUT2D eigenvalue weighted by Crippen LogP contribution is 2.06. The average molecular weight is 230 g/mol. The normalized spacial score (nSPS) is 13.2. The van der Waals surface area contributed by atoms with E-state index >= 15 is 0 Å². The van der Waals surface area contributed by atoms with Crippen LogP contribution in [0.1, 0.15) is 26.2 Å². The van der Waals surface area contributed by atoms with Gasteiger partial charge in [0.15, 0.2) is 0 Å². The molecule has 0 aromatic rings. The van der Waals surface area contributed by atoms with Crippen molar-refractivity contribution in [1.29, 1.82) is 0 Å². The summed E-state index contributed by atoms with van der Waals surface area (Å²) in [6.07, 6.45) is 3.71. The Labute approximate surface area is 98.1 Å². The molecule has 94 valence electrons. The summed E-state index contributed by atoms with van der Waals surface area (Å²) in [5.74, 6) is -0.422. The van der Waals surface area contributed by atoms with E-state index in [1.54, 1.807) is 0 Å². The number of aliphatic hydroxyl groups is 1. The smallest absolute Gasteiger partial charge is 0.334 e. The Morgan fingerprint density at radius 2 is 2.19 bits per heavy atom. The van der Waals surface area contributed by atoms with Crippen LogP contribution in [0.4, 0.5) is 0 Å². The van der Waals surface area contributed by atoms with Gasteiger partial charge in [0.2, 0.25) is 6.73 Å². The van der Waals surface area contributed by atoms with Crippen LogP contribution in [0.5, 0.6) is 0 Å². The van der Waals surface area contributed by atoms with Gasteiger partial charge in [0, 0.05) is 6.08 Å². The predicted octanol–water partition coefficient (Wildman–Crippen LogP) is 1.30. The van der Waals surface area contributed by atoms with Crippen molar-refractivity contribution >= 4 is 5.97 Å². The molecular formula is C12H24NO3+. The van der Waals surface area contributed by atoms with Crippen LogP contribution in [0.3, 0.4) is 0 Å². The van der Waals surface area contributed by atoms with Crippen LogP contribution in [-0.2, 0) is 9.53 Å². The minimum Gasteiger partial charge on any atom is -0.412 e. The summed E-state index contributed by atoms with van der Waals surface area (Å²) in [4.78, 5) is 10.9. The monoisotopic (exact) mass is 230 g/mol. The van der Waals surface area contributed by atoms with Crippen molar-refractivity contribution in [3.8, 4) is 0 Å². The van der Waals surface area contributed by atoms with Gasteiger partial charge in [-0.15, -0.1) is 0 Å². The number of aliphatic hydroxyl groups excluding tert-OH is 1. The molecule has 0 fully saturated rings. The number of carbonyl (C=O) groups excluding carboxylic acids is 1. The Morgan fingerprint density at radius 3 is 2.69 bits per heavy atom. The SMILES string of the molecule is C=CC(=O)OC[N+](C)(C)CC(O)CCCC. The zero-order chi connectivity index (χ0) is 12.6. The van der Waals surface area contributed by atoms with E-state index in [9.17, 15) is 9.90 Å². The summed E-state index contributed by atoms with van der Waals surface area (Å²) in [7, 11) is 3.84. The highest BCUT2D eigenvalue weighted by Gasteiger charge is 2.21. The summed E-state index contributed by atoms with van der Waals surface area (Å²) < 4.78 is 5.43. The molecule has 0 bridgehead atoms. The number of esters is 1. The molecule has 0 aromatic carbocycles. The lowest BCUT2D eigenvalue weighted by Crippen LogP contribution is -2.47. The molecule has 16 heavy (non-hydrogen) atoms.